The first-order chi connectivity index (χ1) is 7.75. The van der Waals surface area contributed by atoms with Crippen LogP contribution < -0.4 is 5.73 Å². The second-order valence-corrected chi connectivity index (χ2v) is 6.26. The van der Waals surface area contributed by atoms with Gasteiger partial charge < -0.3 is 5.73 Å². The van der Waals surface area contributed by atoms with E-state index in [4.69, 9.17) is 5.73 Å². The summed E-state index contributed by atoms with van der Waals surface area (Å²) >= 11 is 0. The molecule has 5 heteroatoms. The second kappa shape index (κ2) is 4.89. The molecule has 0 radical (unpaired) electrons. The zero-order valence-electron chi connectivity index (χ0n) is 10.4. The smallest absolute Gasteiger partial charge is 0.243 e. The molecule has 0 aliphatic rings. The molecule has 0 fully saturated rings. The molecule has 0 aliphatic heterocycles. The summed E-state index contributed by atoms with van der Waals surface area (Å²) in [6, 6.07) is 4.78. The molecule has 2 N–H and O–H groups in total. The molecule has 0 aromatic heterocycles. The van der Waals surface area contributed by atoms with Crippen molar-refractivity contribution in [2.24, 2.45) is 0 Å². The normalized spacial score (nSPS) is 11.8. The summed E-state index contributed by atoms with van der Waals surface area (Å²) < 4.78 is 25.8. The van der Waals surface area contributed by atoms with Gasteiger partial charge in [0.2, 0.25) is 10.0 Å². The highest BCUT2D eigenvalue weighted by atomic mass is 32.2. The Hall–Kier alpha value is -1.33. The lowest BCUT2D eigenvalue weighted by Crippen LogP contribution is -2.28. The van der Waals surface area contributed by atoms with Crippen molar-refractivity contribution in [3.05, 3.63) is 35.9 Å². The third kappa shape index (κ3) is 3.08. The molecule has 0 unspecified atom stereocenters. The average molecular weight is 254 g/mol. The highest BCUT2D eigenvalue weighted by molar-refractivity contribution is 7.89. The standard InChI is InChI=1S/C12H18N2O2S/c1-9(2)8-14(4)17(15,16)12-6-5-11(13)7-10(12)3/h5-7H,1,8,13H2,2-4H3. The molecule has 1 aromatic carbocycles. The van der Waals surface area contributed by atoms with Gasteiger partial charge in [0.15, 0.2) is 0 Å². The van der Waals surface area contributed by atoms with E-state index in [1.165, 1.54) is 10.4 Å². The van der Waals surface area contributed by atoms with Crippen LogP contribution in [0.1, 0.15) is 12.5 Å². The molecule has 0 bridgehead atoms. The summed E-state index contributed by atoms with van der Waals surface area (Å²) in [5.74, 6) is 0. The lowest BCUT2D eigenvalue weighted by Gasteiger charge is -2.18. The number of likely N-dealkylation sites (N-methyl/N-ethyl adjacent to an activating group) is 1. The van der Waals surface area contributed by atoms with Crippen molar-refractivity contribution in [1.82, 2.24) is 4.31 Å². The van der Waals surface area contributed by atoms with Crippen LogP contribution in [0.3, 0.4) is 0 Å². The number of anilines is 1. The number of nitrogen functional groups attached to an aromatic ring is 1. The lowest BCUT2D eigenvalue weighted by atomic mass is 10.2. The van der Waals surface area contributed by atoms with E-state index in [2.05, 4.69) is 6.58 Å². The maximum atomic E-state index is 12.2. The number of aryl methyl sites for hydroxylation is 1. The van der Waals surface area contributed by atoms with Crippen LogP contribution in [0.5, 0.6) is 0 Å². The predicted octanol–water partition coefficient (Wildman–Crippen LogP) is 1.77. The van der Waals surface area contributed by atoms with Crippen LogP contribution in [0, 0.1) is 6.92 Å². The van der Waals surface area contributed by atoms with Gasteiger partial charge in [-0.3, -0.25) is 0 Å². The van der Waals surface area contributed by atoms with Crippen molar-refractivity contribution in [2.75, 3.05) is 19.3 Å². The number of nitrogens with two attached hydrogens (primary N) is 1. The van der Waals surface area contributed by atoms with E-state index in [1.807, 2.05) is 0 Å². The van der Waals surface area contributed by atoms with Gasteiger partial charge >= 0.3 is 0 Å². The molecule has 4 nitrogen and oxygen atoms in total. The maximum absolute atomic E-state index is 12.2. The van der Waals surface area contributed by atoms with E-state index >= 15 is 0 Å². The van der Waals surface area contributed by atoms with Crippen molar-refractivity contribution >= 4 is 15.7 Å². The summed E-state index contributed by atoms with van der Waals surface area (Å²) in [7, 11) is -1.92. The SMILES string of the molecule is C=C(C)CN(C)S(=O)(=O)c1ccc(N)cc1C. The van der Waals surface area contributed by atoms with Crippen molar-refractivity contribution in [1.29, 1.82) is 0 Å². The maximum Gasteiger partial charge on any atom is 0.243 e. The minimum atomic E-state index is -3.46. The molecule has 0 saturated carbocycles. The van der Waals surface area contributed by atoms with Gasteiger partial charge in [-0.15, -0.1) is 0 Å². The van der Waals surface area contributed by atoms with Gasteiger partial charge in [0.05, 0.1) is 4.90 Å². The number of nitrogens with zero attached hydrogens (tertiary/aromatic N) is 1. The average Bonchev–Trinajstić information content (AvgIpc) is 2.15. The minimum absolute atomic E-state index is 0.287. The quantitative estimate of drug-likeness (QED) is 0.658. The van der Waals surface area contributed by atoms with Gasteiger partial charge in [-0.1, -0.05) is 12.2 Å². The van der Waals surface area contributed by atoms with Crippen LogP contribution in [0.4, 0.5) is 5.69 Å². The third-order valence-electron chi connectivity index (χ3n) is 2.38. The fourth-order valence-corrected chi connectivity index (χ4v) is 3.03. The highest BCUT2D eigenvalue weighted by Crippen LogP contribution is 2.21. The summed E-state index contributed by atoms with van der Waals surface area (Å²) in [5, 5.41) is 0. The molecule has 0 heterocycles. The summed E-state index contributed by atoms with van der Waals surface area (Å²) in [4.78, 5) is 0.287. The molecule has 1 aromatic rings. The lowest BCUT2D eigenvalue weighted by molar-refractivity contribution is 0.492. The molecule has 1 rings (SSSR count). The Morgan fingerprint density at radius 3 is 2.53 bits per heavy atom. The first-order valence-corrected chi connectivity index (χ1v) is 6.66. The van der Waals surface area contributed by atoms with Crippen LogP contribution in [-0.2, 0) is 10.0 Å². The van der Waals surface area contributed by atoms with Gasteiger partial charge in [-0.25, -0.2) is 8.42 Å². The van der Waals surface area contributed by atoms with Crippen LogP contribution in [0.15, 0.2) is 35.2 Å². The van der Waals surface area contributed by atoms with E-state index in [1.54, 1.807) is 33.0 Å². The number of sulfonamides is 1. The number of hydrogen-bond acceptors (Lipinski definition) is 3. The van der Waals surface area contributed by atoms with Crippen molar-refractivity contribution in [3.63, 3.8) is 0 Å². The predicted molar refractivity (Wildman–Crippen MR) is 70.2 cm³/mol. The van der Waals surface area contributed by atoms with E-state index in [-0.39, 0.29) is 4.90 Å². The van der Waals surface area contributed by atoms with E-state index in [0.29, 0.717) is 17.8 Å². The Kier molecular flexibility index (Phi) is 3.95. The highest BCUT2D eigenvalue weighted by Gasteiger charge is 2.22. The van der Waals surface area contributed by atoms with Crippen molar-refractivity contribution < 1.29 is 8.42 Å². The van der Waals surface area contributed by atoms with Crippen molar-refractivity contribution in [3.8, 4) is 0 Å². The van der Waals surface area contributed by atoms with Gasteiger partial charge in [-0.05, 0) is 37.6 Å². The van der Waals surface area contributed by atoms with E-state index in [9.17, 15) is 8.42 Å². The molecule has 0 saturated heterocycles. The molecular formula is C12H18N2O2S. The van der Waals surface area contributed by atoms with Crippen LogP contribution >= 0.6 is 0 Å². The molecule has 0 aliphatic carbocycles. The van der Waals surface area contributed by atoms with Crippen molar-refractivity contribution in [2.45, 2.75) is 18.7 Å². The zero-order valence-corrected chi connectivity index (χ0v) is 11.2. The Morgan fingerprint density at radius 1 is 1.47 bits per heavy atom. The third-order valence-corrected chi connectivity index (χ3v) is 4.34. The first kappa shape index (κ1) is 13.7. The molecule has 17 heavy (non-hydrogen) atoms. The molecule has 0 spiro atoms. The molecule has 0 atom stereocenters. The summed E-state index contributed by atoms with van der Waals surface area (Å²) in [6.45, 7) is 7.55. The van der Waals surface area contributed by atoms with E-state index < -0.39 is 10.0 Å². The fourth-order valence-electron chi connectivity index (χ4n) is 1.60. The first-order valence-electron chi connectivity index (χ1n) is 5.22. The number of benzene rings is 1. The zero-order chi connectivity index (χ0) is 13.2. The fraction of sp³-hybridized carbons (Fsp3) is 0.333. The molecule has 0 amide bonds. The van der Waals surface area contributed by atoms with Crippen LogP contribution in [0.2, 0.25) is 0 Å². The summed E-state index contributed by atoms with van der Waals surface area (Å²) in [6.07, 6.45) is 0. The minimum Gasteiger partial charge on any atom is -0.399 e. The molecular weight excluding hydrogens is 236 g/mol. The Bertz CT molecular complexity index is 535. The van der Waals surface area contributed by atoms with E-state index in [0.717, 1.165) is 5.57 Å². The monoisotopic (exact) mass is 254 g/mol. The Balaban J connectivity index is 3.17. The Labute approximate surface area is 103 Å². The Morgan fingerprint density at radius 2 is 2.06 bits per heavy atom. The summed E-state index contributed by atoms with van der Waals surface area (Å²) in [5.41, 5.74) is 7.61. The van der Waals surface area contributed by atoms with Gasteiger partial charge in [0.25, 0.3) is 0 Å². The van der Waals surface area contributed by atoms with Gasteiger partial charge in [0.1, 0.15) is 0 Å². The topological polar surface area (TPSA) is 63.4 Å². The van der Waals surface area contributed by atoms with Gasteiger partial charge in [-0.2, -0.15) is 4.31 Å². The number of rotatable bonds is 4. The van der Waals surface area contributed by atoms with Gasteiger partial charge in [0, 0.05) is 19.3 Å². The largest absolute Gasteiger partial charge is 0.399 e. The number of hydrogen-bond donors (Lipinski definition) is 1. The second-order valence-electron chi connectivity index (χ2n) is 4.24. The van der Waals surface area contributed by atoms with Crippen LogP contribution in [-0.4, -0.2) is 26.3 Å². The molecule has 94 valence electrons. The van der Waals surface area contributed by atoms with Crippen LogP contribution in [0.25, 0.3) is 0 Å².